The summed E-state index contributed by atoms with van der Waals surface area (Å²) in [6, 6.07) is 0.811. The smallest absolute Gasteiger partial charge is 0.318 e. The Labute approximate surface area is 122 Å². The first-order valence-electron chi connectivity index (χ1n) is 7.93. The van der Waals surface area contributed by atoms with Gasteiger partial charge in [0.25, 0.3) is 0 Å². The van der Waals surface area contributed by atoms with Crippen LogP contribution in [0.1, 0.15) is 58.9 Å². The summed E-state index contributed by atoms with van der Waals surface area (Å²) in [5, 5.41) is 11.7. The highest BCUT2D eigenvalue weighted by Gasteiger charge is 2.23. The molecule has 1 aromatic rings. The van der Waals surface area contributed by atoms with E-state index in [-0.39, 0.29) is 6.04 Å². The largest absolute Gasteiger partial charge is 0.406 e. The minimum Gasteiger partial charge on any atom is -0.406 e. The monoisotopic (exact) mass is 280 g/mol. The third-order valence-corrected chi connectivity index (χ3v) is 4.30. The molecule has 0 bridgehead atoms. The molecule has 1 aliphatic heterocycles. The SMILES string of the molecule is CCNC(C)c1nnc(N2CCCC(C(C)C)CC2)o1. The van der Waals surface area contributed by atoms with Crippen LogP contribution in [0.4, 0.5) is 6.01 Å². The van der Waals surface area contributed by atoms with Crippen molar-refractivity contribution in [3.63, 3.8) is 0 Å². The van der Waals surface area contributed by atoms with Crippen LogP contribution in [0, 0.1) is 11.8 Å². The maximum Gasteiger partial charge on any atom is 0.318 e. The Morgan fingerprint density at radius 1 is 1.25 bits per heavy atom. The van der Waals surface area contributed by atoms with E-state index in [0.29, 0.717) is 11.9 Å². The van der Waals surface area contributed by atoms with Crippen LogP contribution in [0.5, 0.6) is 0 Å². The zero-order chi connectivity index (χ0) is 14.5. The Bertz CT molecular complexity index is 404. The lowest BCUT2D eigenvalue weighted by molar-refractivity contribution is 0.350. The first-order chi connectivity index (χ1) is 9.61. The highest BCUT2D eigenvalue weighted by molar-refractivity contribution is 5.24. The summed E-state index contributed by atoms with van der Waals surface area (Å²) in [5.74, 6) is 2.27. The van der Waals surface area contributed by atoms with Crippen molar-refractivity contribution in [2.75, 3.05) is 24.5 Å². The highest BCUT2D eigenvalue weighted by atomic mass is 16.4. The average molecular weight is 280 g/mol. The van der Waals surface area contributed by atoms with E-state index in [1.165, 1.54) is 19.3 Å². The molecule has 1 aromatic heterocycles. The molecule has 0 aliphatic carbocycles. The lowest BCUT2D eigenvalue weighted by atomic mass is 9.89. The maximum atomic E-state index is 5.83. The Balaban J connectivity index is 1.98. The first-order valence-corrected chi connectivity index (χ1v) is 7.93. The number of aromatic nitrogens is 2. The molecule has 0 aromatic carbocycles. The van der Waals surface area contributed by atoms with Gasteiger partial charge in [0.1, 0.15) is 0 Å². The molecule has 2 heterocycles. The normalized spacial score (nSPS) is 22.1. The van der Waals surface area contributed by atoms with Crippen LogP contribution in [0.25, 0.3) is 0 Å². The van der Waals surface area contributed by atoms with Gasteiger partial charge in [-0.1, -0.05) is 25.9 Å². The van der Waals surface area contributed by atoms with E-state index in [4.69, 9.17) is 4.42 Å². The van der Waals surface area contributed by atoms with E-state index in [2.05, 4.69) is 48.1 Å². The Morgan fingerprint density at radius 3 is 2.75 bits per heavy atom. The Morgan fingerprint density at radius 2 is 2.05 bits per heavy atom. The van der Waals surface area contributed by atoms with E-state index in [0.717, 1.165) is 31.5 Å². The summed E-state index contributed by atoms with van der Waals surface area (Å²) in [6.07, 6.45) is 3.74. The number of hydrogen-bond acceptors (Lipinski definition) is 5. The van der Waals surface area contributed by atoms with E-state index in [9.17, 15) is 0 Å². The van der Waals surface area contributed by atoms with Crippen molar-refractivity contribution in [1.82, 2.24) is 15.5 Å². The molecule has 0 radical (unpaired) electrons. The third kappa shape index (κ3) is 3.72. The van der Waals surface area contributed by atoms with E-state index >= 15 is 0 Å². The van der Waals surface area contributed by atoms with Crippen molar-refractivity contribution in [2.24, 2.45) is 11.8 Å². The van der Waals surface area contributed by atoms with Gasteiger partial charge in [-0.3, -0.25) is 0 Å². The van der Waals surface area contributed by atoms with Crippen LogP contribution in [0.2, 0.25) is 0 Å². The van der Waals surface area contributed by atoms with Gasteiger partial charge in [-0.05, 0) is 44.6 Å². The van der Waals surface area contributed by atoms with Crippen LogP contribution < -0.4 is 10.2 Å². The summed E-state index contributed by atoms with van der Waals surface area (Å²) in [6.45, 7) is 11.7. The minimum atomic E-state index is 0.122. The van der Waals surface area contributed by atoms with Crippen molar-refractivity contribution in [3.05, 3.63) is 5.89 Å². The molecule has 0 amide bonds. The fourth-order valence-corrected chi connectivity index (χ4v) is 2.90. The lowest BCUT2D eigenvalue weighted by Gasteiger charge is -2.19. The van der Waals surface area contributed by atoms with Crippen molar-refractivity contribution < 1.29 is 4.42 Å². The minimum absolute atomic E-state index is 0.122. The molecule has 2 unspecified atom stereocenters. The zero-order valence-electron chi connectivity index (χ0n) is 13.2. The summed E-state index contributed by atoms with van der Waals surface area (Å²) >= 11 is 0. The van der Waals surface area contributed by atoms with Gasteiger partial charge in [0.05, 0.1) is 6.04 Å². The van der Waals surface area contributed by atoms with Crippen LogP contribution >= 0.6 is 0 Å². The summed E-state index contributed by atoms with van der Waals surface area (Å²) in [5.41, 5.74) is 0. The van der Waals surface area contributed by atoms with Gasteiger partial charge >= 0.3 is 6.01 Å². The molecule has 0 saturated carbocycles. The zero-order valence-corrected chi connectivity index (χ0v) is 13.2. The molecule has 5 nitrogen and oxygen atoms in total. The Kier molecular flexibility index (Phi) is 5.40. The van der Waals surface area contributed by atoms with Crippen molar-refractivity contribution in [3.8, 4) is 0 Å². The third-order valence-electron chi connectivity index (χ3n) is 4.30. The van der Waals surface area contributed by atoms with Gasteiger partial charge in [0.2, 0.25) is 5.89 Å². The van der Waals surface area contributed by atoms with E-state index in [1.807, 2.05) is 0 Å². The molecule has 0 spiro atoms. The standard InChI is InChI=1S/C15H28N4O/c1-5-16-12(4)14-17-18-15(20-14)19-9-6-7-13(8-10-19)11(2)3/h11-13,16H,5-10H2,1-4H3. The number of hydrogen-bond donors (Lipinski definition) is 1. The fraction of sp³-hybridized carbons (Fsp3) is 0.867. The van der Waals surface area contributed by atoms with Crippen molar-refractivity contribution in [1.29, 1.82) is 0 Å². The molecule has 1 aliphatic rings. The van der Waals surface area contributed by atoms with Gasteiger partial charge in [-0.2, -0.15) is 0 Å². The van der Waals surface area contributed by atoms with Crippen LogP contribution in [-0.4, -0.2) is 29.8 Å². The summed E-state index contributed by atoms with van der Waals surface area (Å²) < 4.78 is 5.83. The quantitative estimate of drug-likeness (QED) is 0.898. The average Bonchev–Trinajstić information content (AvgIpc) is 2.77. The number of anilines is 1. The van der Waals surface area contributed by atoms with Gasteiger partial charge in [-0.15, -0.1) is 5.10 Å². The second-order valence-electron chi connectivity index (χ2n) is 6.12. The van der Waals surface area contributed by atoms with Gasteiger partial charge in [0, 0.05) is 13.1 Å². The molecule has 1 saturated heterocycles. The predicted octanol–water partition coefficient (Wildman–Crippen LogP) is 3.00. The van der Waals surface area contributed by atoms with Crippen LogP contribution in [0.3, 0.4) is 0 Å². The highest BCUT2D eigenvalue weighted by Crippen LogP contribution is 2.27. The second-order valence-corrected chi connectivity index (χ2v) is 6.12. The molecule has 114 valence electrons. The van der Waals surface area contributed by atoms with Crippen LogP contribution in [0.15, 0.2) is 4.42 Å². The van der Waals surface area contributed by atoms with E-state index < -0.39 is 0 Å². The molecular weight excluding hydrogens is 252 g/mol. The molecule has 5 heteroatoms. The number of rotatable bonds is 5. The Hall–Kier alpha value is -1.10. The maximum absolute atomic E-state index is 5.83. The molecule has 2 atom stereocenters. The van der Waals surface area contributed by atoms with Gasteiger partial charge in [0.15, 0.2) is 0 Å². The second kappa shape index (κ2) is 7.07. The van der Waals surface area contributed by atoms with Crippen molar-refractivity contribution in [2.45, 2.75) is 53.0 Å². The number of nitrogens with zero attached hydrogens (tertiary/aromatic N) is 3. The molecule has 1 fully saturated rings. The summed E-state index contributed by atoms with van der Waals surface area (Å²) in [7, 11) is 0. The predicted molar refractivity (Wildman–Crippen MR) is 80.8 cm³/mol. The number of nitrogens with one attached hydrogen (secondary N) is 1. The molecule has 2 rings (SSSR count). The summed E-state index contributed by atoms with van der Waals surface area (Å²) in [4.78, 5) is 2.25. The van der Waals surface area contributed by atoms with Gasteiger partial charge in [-0.25, -0.2) is 0 Å². The fourth-order valence-electron chi connectivity index (χ4n) is 2.90. The first kappa shape index (κ1) is 15.3. The van der Waals surface area contributed by atoms with E-state index in [1.54, 1.807) is 0 Å². The van der Waals surface area contributed by atoms with Crippen LogP contribution in [-0.2, 0) is 0 Å². The lowest BCUT2D eigenvalue weighted by Crippen LogP contribution is -2.24. The molecule has 20 heavy (non-hydrogen) atoms. The topological polar surface area (TPSA) is 54.2 Å². The molecule has 1 N–H and O–H groups in total. The molecular formula is C15H28N4O. The van der Waals surface area contributed by atoms with Gasteiger partial charge < -0.3 is 14.6 Å². The van der Waals surface area contributed by atoms with Crippen molar-refractivity contribution >= 4 is 6.01 Å².